The van der Waals surface area contributed by atoms with Crippen molar-refractivity contribution in [1.29, 1.82) is 5.26 Å². The van der Waals surface area contributed by atoms with Gasteiger partial charge in [-0.3, -0.25) is 9.69 Å². The van der Waals surface area contributed by atoms with Crippen molar-refractivity contribution in [2.24, 2.45) is 5.73 Å². The highest BCUT2D eigenvalue weighted by Crippen LogP contribution is 2.48. The second-order valence-corrected chi connectivity index (χ2v) is 8.51. The summed E-state index contributed by atoms with van der Waals surface area (Å²) < 4.78 is 0.918. The van der Waals surface area contributed by atoms with Crippen molar-refractivity contribution >= 4 is 50.3 Å². The summed E-state index contributed by atoms with van der Waals surface area (Å²) in [4.78, 5) is 19.7. The fourth-order valence-electron chi connectivity index (χ4n) is 3.67. The van der Waals surface area contributed by atoms with E-state index in [0.29, 0.717) is 35.5 Å². The normalized spacial score (nSPS) is 20.0. The lowest BCUT2D eigenvalue weighted by Gasteiger charge is -2.39. The zero-order valence-electron chi connectivity index (χ0n) is 14.1. The van der Waals surface area contributed by atoms with E-state index in [1.54, 1.807) is 23.2 Å². The van der Waals surface area contributed by atoms with Crippen LogP contribution in [0, 0.1) is 11.3 Å². The lowest BCUT2D eigenvalue weighted by molar-refractivity contribution is -0.116. The van der Waals surface area contributed by atoms with Gasteiger partial charge in [0.15, 0.2) is 10.9 Å². The number of anilines is 1. The van der Waals surface area contributed by atoms with Crippen LogP contribution in [0.4, 0.5) is 5.69 Å². The van der Waals surface area contributed by atoms with Crippen LogP contribution in [-0.2, 0) is 4.79 Å². The Labute approximate surface area is 173 Å². The van der Waals surface area contributed by atoms with E-state index in [-0.39, 0.29) is 10.9 Å². The van der Waals surface area contributed by atoms with Crippen molar-refractivity contribution in [3.05, 3.63) is 66.9 Å². The molecule has 4 rings (SSSR count). The molecule has 0 saturated carbocycles. The zero-order valence-corrected chi connectivity index (χ0v) is 17.2. The van der Waals surface area contributed by atoms with Crippen LogP contribution in [0.1, 0.15) is 30.1 Å². The third kappa shape index (κ3) is 2.98. The van der Waals surface area contributed by atoms with E-state index in [1.165, 1.54) is 11.3 Å². The van der Waals surface area contributed by atoms with Gasteiger partial charge in [0.2, 0.25) is 0 Å². The van der Waals surface area contributed by atoms with Crippen LogP contribution in [0.2, 0.25) is 5.15 Å². The van der Waals surface area contributed by atoms with Crippen molar-refractivity contribution in [3.8, 4) is 6.07 Å². The van der Waals surface area contributed by atoms with Crippen LogP contribution in [0.25, 0.3) is 0 Å². The first-order valence-electron chi connectivity index (χ1n) is 8.33. The van der Waals surface area contributed by atoms with Crippen LogP contribution in [0.15, 0.2) is 56.9 Å². The van der Waals surface area contributed by atoms with Gasteiger partial charge < -0.3 is 5.73 Å². The number of hydrogen-bond acceptors (Lipinski definition) is 6. The van der Waals surface area contributed by atoms with Gasteiger partial charge in [0.25, 0.3) is 0 Å². The van der Waals surface area contributed by atoms with Crippen molar-refractivity contribution in [3.63, 3.8) is 0 Å². The van der Waals surface area contributed by atoms with Gasteiger partial charge in [-0.05, 0) is 47.0 Å². The molecule has 0 amide bonds. The molecule has 1 atom stereocenters. The highest BCUT2D eigenvalue weighted by molar-refractivity contribution is 9.10. The average Bonchev–Trinajstić information content (AvgIpc) is 3.08. The molecule has 2 aromatic heterocycles. The molecular formula is C19H14BrClN4OS. The number of rotatable bonds is 2. The first-order chi connectivity index (χ1) is 13.0. The Morgan fingerprint density at radius 3 is 2.93 bits per heavy atom. The average molecular weight is 462 g/mol. The van der Waals surface area contributed by atoms with Gasteiger partial charge >= 0.3 is 0 Å². The molecule has 8 heteroatoms. The fourth-order valence-corrected chi connectivity index (χ4v) is 5.44. The number of halogens is 2. The number of hydrogen-bond donors (Lipinski definition) is 1. The molecule has 0 radical (unpaired) electrons. The number of nitrogens with two attached hydrogens (primary N) is 1. The molecule has 0 aromatic carbocycles. The molecule has 0 saturated heterocycles. The minimum atomic E-state index is -0.444. The summed E-state index contributed by atoms with van der Waals surface area (Å²) in [6, 6.07) is 7.73. The summed E-state index contributed by atoms with van der Waals surface area (Å²) >= 11 is 11.3. The number of ketones is 1. The van der Waals surface area contributed by atoms with E-state index >= 15 is 0 Å². The Morgan fingerprint density at radius 1 is 1.44 bits per heavy atom. The summed E-state index contributed by atoms with van der Waals surface area (Å²) in [6.07, 6.45) is 3.49. The van der Waals surface area contributed by atoms with Gasteiger partial charge in [0, 0.05) is 38.6 Å². The topological polar surface area (TPSA) is 83.0 Å². The molecule has 27 heavy (non-hydrogen) atoms. The number of pyridine rings is 1. The second kappa shape index (κ2) is 7.12. The largest absolute Gasteiger partial charge is 0.384 e. The molecule has 136 valence electrons. The third-order valence-corrected chi connectivity index (χ3v) is 6.82. The Kier molecular flexibility index (Phi) is 4.81. The maximum absolute atomic E-state index is 12.9. The van der Waals surface area contributed by atoms with E-state index in [1.807, 2.05) is 11.4 Å². The number of Topliss-reactive ketones (excluding diaryl/α,β-unsaturated/α-hetero) is 1. The molecule has 2 aliphatic rings. The van der Waals surface area contributed by atoms with E-state index in [0.717, 1.165) is 21.5 Å². The smallest absolute Gasteiger partial charge is 0.161 e. The molecule has 1 aliphatic heterocycles. The number of carbonyl (C=O) groups excluding carboxylic acids is 1. The van der Waals surface area contributed by atoms with E-state index < -0.39 is 5.92 Å². The van der Waals surface area contributed by atoms with Crippen LogP contribution in [0.5, 0.6) is 0 Å². The van der Waals surface area contributed by atoms with Gasteiger partial charge in [-0.1, -0.05) is 11.6 Å². The standard InChI is InChI=1S/C19H14BrClN4OS/c20-10-7-15(27-9-10)16-11(8-22)19(23)25(13-4-2-6-24-18(13)21)12-3-1-5-14(26)17(12)16/h2,4,6-7,9,16H,1,3,5,23H2. The Morgan fingerprint density at radius 2 is 2.26 bits per heavy atom. The SMILES string of the molecule is N#CC1=C(N)N(c2cccnc2Cl)C2=C(C(=O)CCC2)C1c1cc(Br)cs1. The molecule has 2 aromatic rings. The Hall–Kier alpha value is -2.14. The van der Waals surface area contributed by atoms with Crippen LogP contribution >= 0.6 is 38.9 Å². The minimum Gasteiger partial charge on any atom is -0.384 e. The number of nitriles is 1. The van der Waals surface area contributed by atoms with E-state index in [2.05, 4.69) is 27.0 Å². The quantitative estimate of drug-likeness (QED) is 0.646. The Bertz CT molecular complexity index is 1050. The number of thiophene rings is 1. The van der Waals surface area contributed by atoms with Crippen molar-refractivity contribution in [2.75, 3.05) is 4.90 Å². The number of carbonyl (C=O) groups is 1. The maximum Gasteiger partial charge on any atom is 0.161 e. The number of allylic oxidation sites excluding steroid dienone is 3. The molecule has 1 aliphatic carbocycles. The van der Waals surface area contributed by atoms with E-state index in [9.17, 15) is 10.1 Å². The van der Waals surface area contributed by atoms with Gasteiger partial charge in [0.05, 0.1) is 23.2 Å². The Balaban J connectivity index is 1.99. The van der Waals surface area contributed by atoms with Crippen LogP contribution in [0.3, 0.4) is 0 Å². The highest BCUT2D eigenvalue weighted by atomic mass is 79.9. The van der Waals surface area contributed by atoms with Gasteiger partial charge in [-0.15, -0.1) is 11.3 Å². The summed E-state index contributed by atoms with van der Waals surface area (Å²) in [6.45, 7) is 0. The van der Waals surface area contributed by atoms with Gasteiger partial charge in [0.1, 0.15) is 5.82 Å². The van der Waals surface area contributed by atoms with Crippen molar-refractivity contribution in [1.82, 2.24) is 4.98 Å². The summed E-state index contributed by atoms with van der Waals surface area (Å²) in [5, 5.41) is 12.1. The van der Waals surface area contributed by atoms with E-state index in [4.69, 9.17) is 17.3 Å². The minimum absolute atomic E-state index is 0.0519. The number of aromatic nitrogens is 1. The summed E-state index contributed by atoms with van der Waals surface area (Å²) in [7, 11) is 0. The predicted molar refractivity (Wildman–Crippen MR) is 109 cm³/mol. The first kappa shape index (κ1) is 18.2. The zero-order chi connectivity index (χ0) is 19.1. The number of nitrogens with zero attached hydrogens (tertiary/aromatic N) is 3. The lowest BCUT2D eigenvalue weighted by Crippen LogP contribution is -2.38. The monoisotopic (exact) mass is 460 g/mol. The summed E-state index contributed by atoms with van der Waals surface area (Å²) in [5.41, 5.74) is 8.86. The van der Waals surface area contributed by atoms with Crippen molar-refractivity contribution in [2.45, 2.75) is 25.2 Å². The van der Waals surface area contributed by atoms with Gasteiger partial charge in [-0.25, -0.2) is 4.98 Å². The molecule has 0 fully saturated rings. The van der Waals surface area contributed by atoms with Crippen LogP contribution < -0.4 is 10.6 Å². The maximum atomic E-state index is 12.9. The highest BCUT2D eigenvalue weighted by Gasteiger charge is 2.41. The molecule has 3 heterocycles. The lowest BCUT2D eigenvalue weighted by atomic mass is 9.78. The van der Waals surface area contributed by atoms with Gasteiger partial charge in [-0.2, -0.15) is 5.26 Å². The second-order valence-electron chi connectivity index (χ2n) is 6.30. The molecule has 0 bridgehead atoms. The molecular weight excluding hydrogens is 448 g/mol. The third-order valence-electron chi connectivity index (χ3n) is 4.77. The van der Waals surface area contributed by atoms with Crippen molar-refractivity contribution < 1.29 is 4.79 Å². The molecule has 0 spiro atoms. The molecule has 5 nitrogen and oxygen atoms in total. The molecule has 1 unspecified atom stereocenters. The predicted octanol–water partition coefficient (Wildman–Crippen LogP) is 4.86. The van der Waals surface area contributed by atoms with Crippen LogP contribution in [-0.4, -0.2) is 10.8 Å². The summed E-state index contributed by atoms with van der Waals surface area (Å²) in [5.74, 6) is -0.0906. The first-order valence-corrected chi connectivity index (χ1v) is 10.4. The fraction of sp³-hybridized carbons (Fsp3) is 0.211. The molecule has 2 N–H and O–H groups in total.